The standard InChI is InChI=1S/C17H19N3O2/c1-4-9-22-15-7-5-13(10-16(15)21-3)14-6-8-17-18-12(2)11-20(17)19-14/h5-8,10-11H,4,9H2,1-3H3. The van der Waals surface area contributed by atoms with Gasteiger partial charge in [0.1, 0.15) is 0 Å². The summed E-state index contributed by atoms with van der Waals surface area (Å²) >= 11 is 0. The zero-order valence-corrected chi connectivity index (χ0v) is 13.0. The number of nitrogens with zero attached hydrogens (tertiary/aromatic N) is 3. The van der Waals surface area contributed by atoms with Gasteiger partial charge >= 0.3 is 0 Å². The summed E-state index contributed by atoms with van der Waals surface area (Å²) in [6, 6.07) is 9.79. The molecule has 0 N–H and O–H groups in total. The zero-order chi connectivity index (χ0) is 15.5. The topological polar surface area (TPSA) is 48.7 Å². The third kappa shape index (κ3) is 2.74. The number of rotatable bonds is 5. The summed E-state index contributed by atoms with van der Waals surface area (Å²) in [5.41, 5.74) is 3.64. The first-order chi connectivity index (χ1) is 10.7. The van der Waals surface area contributed by atoms with Crippen LogP contribution in [0.4, 0.5) is 0 Å². The lowest BCUT2D eigenvalue weighted by atomic mass is 10.1. The van der Waals surface area contributed by atoms with Crippen molar-refractivity contribution in [3.05, 3.63) is 42.2 Å². The van der Waals surface area contributed by atoms with Gasteiger partial charge < -0.3 is 9.47 Å². The van der Waals surface area contributed by atoms with E-state index in [1.165, 1.54) is 0 Å². The predicted molar refractivity (Wildman–Crippen MR) is 85.5 cm³/mol. The van der Waals surface area contributed by atoms with Gasteiger partial charge in [-0.15, -0.1) is 0 Å². The fourth-order valence-corrected chi connectivity index (χ4v) is 2.31. The molecule has 0 atom stereocenters. The highest BCUT2D eigenvalue weighted by Crippen LogP contribution is 2.32. The third-order valence-corrected chi connectivity index (χ3v) is 3.36. The Morgan fingerprint density at radius 3 is 2.77 bits per heavy atom. The molecule has 0 saturated carbocycles. The SMILES string of the molecule is CCCOc1ccc(-c2ccc3nc(C)cn3n2)cc1OC. The molecule has 0 radical (unpaired) electrons. The van der Waals surface area contributed by atoms with E-state index >= 15 is 0 Å². The molecule has 22 heavy (non-hydrogen) atoms. The summed E-state index contributed by atoms with van der Waals surface area (Å²) in [6.07, 6.45) is 2.87. The van der Waals surface area contributed by atoms with Gasteiger partial charge in [-0.05, 0) is 43.7 Å². The van der Waals surface area contributed by atoms with Crippen LogP contribution in [0.3, 0.4) is 0 Å². The number of fused-ring (bicyclic) bond motifs is 1. The summed E-state index contributed by atoms with van der Waals surface area (Å²) in [5, 5.41) is 4.59. The highest BCUT2D eigenvalue weighted by atomic mass is 16.5. The molecule has 0 aliphatic heterocycles. The number of ether oxygens (including phenoxy) is 2. The smallest absolute Gasteiger partial charge is 0.161 e. The Balaban J connectivity index is 1.98. The largest absolute Gasteiger partial charge is 0.493 e. The second-order valence-corrected chi connectivity index (χ2v) is 5.12. The van der Waals surface area contributed by atoms with Crippen molar-refractivity contribution < 1.29 is 9.47 Å². The Kier molecular flexibility index (Phi) is 3.96. The maximum absolute atomic E-state index is 5.68. The number of imidazole rings is 1. The number of aryl methyl sites for hydroxylation is 1. The van der Waals surface area contributed by atoms with Crippen LogP contribution in [0.1, 0.15) is 19.0 Å². The number of benzene rings is 1. The van der Waals surface area contributed by atoms with Crippen molar-refractivity contribution in [1.82, 2.24) is 14.6 Å². The molecule has 3 aromatic rings. The van der Waals surface area contributed by atoms with Crippen molar-refractivity contribution in [2.75, 3.05) is 13.7 Å². The Hall–Kier alpha value is -2.56. The van der Waals surface area contributed by atoms with Crippen LogP contribution in [0.5, 0.6) is 11.5 Å². The fraction of sp³-hybridized carbons (Fsp3) is 0.294. The van der Waals surface area contributed by atoms with Crippen molar-refractivity contribution in [3.8, 4) is 22.8 Å². The summed E-state index contributed by atoms with van der Waals surface area (Å²) < 4.78 is 12.9. The summed E-state index contributed by atoms with van der Waals surface area (Å²) in [4.78, 5) is 4.39. The number of aromatic nitrogens is 3. The van der Waals surface area contributed by atoms with E-state index in [-0.39, 0.29) is 0 Å². The average molecular weight is 297 g/mol. The average Bonchev–Trinajstić information content (AvgIpc) is 2.91. The lowest BCUT2D eigenvalue weighted by Crippen LogP contribution is -1.98. The molecule has 2 aromatic heterocycles. The Bertz CT molecular complexity index is 796. The van der Waals surface area contributed by atoms with Gasteiger partial charge in [0.15, 0.2) is 17.1 Å². The Labute approximate surface area is 129 Å². The Morgan fingerprint density at radius 2 is 2.00 bits per heavy atom. The molecule has 3 rings (SSSR count). The van der Waals surface area contributed by atoms with E-state index in [4.69, 9.17) is 9.47 Å². The van der Waals surface area contributed by atoms with Crippen LogP contribution in [0, 0.1) is 6.92 Å². The zero-order valence-electron chi connectivity index (χ0n) is 13.0. The van der Waals surface area contributed by atoms with E-state index < -0.39 is 0 Å². The molecule has 0 amide bonds. The predicted octanol–water partition coefficient (Wildman–Crippen LogP) is 3.50. The first-order valence-electron chi connectivity index (χ1n) is 7.35. The molecule has 5 nitrogen and oxygen atoms in total. The van der Waals surface area contributed by atoms with E-state index in [1.807, 2.05) is 43.5 Å². The maximum Gasteiger partial charge on any atom is 0.161 e. The van der Waals surface area contributed by atoms with Crippen LogP contribution in [0.15, 0.2) is 36.5 Å². The second-order valence-electron chi connectivity index (χ2n) is 5.12. The van der Waals surface area contributed by atoms with Crippen molar-refractivity contribution in [2.45, 2.75) is 20.3 Å². The van der Waals surface area contributed by atoms with Crippen LogP contribution in [-0.4, -0.2) is 28.3 Å². The van der Waals surface area contributed by atoms with Crippen molar-refractivity contribution in [2.24, 2.45) is 0 Å². The van der Waals surface area contributed by atoms with E-state index in [0.29, 0.717) is 6.61 Å². The molecular weight excluding hydrogens is 278 g/mol. The van der Waals surface area contributed by atoms with E-state index in [9.17, 15) is 0 Å². The lowest BCUT2D eigenvalue weighted by Gasteiger charge is -2.11. The normalized spacial score (nSPS) is 10.9. The highest BCUT2D eigenvalue weighted by Gasteiger charge is 2.09. The summed E-state index contributed by atoms with van der Waals surface area (Å²) in [6.45, 7) is 4.71. The van der Waals surface area contributed by atoms with Crippen LogP contribution >= 0.6 is 0 Å². The number of hydrogen-bond donors (Lipinski definition) is 0. The van der Waals surface area contributed by atoms with Gasteiger partial charge in [-0.2, -0.15) is 5.10 Å². The molecule has 1 aromatic carbocycles. The molecule has 114 valence electrons. The van der Waals surface area contributed by atoms with Crippen molar-refractivity contribution >= 4 is 5.65 Å². The second kappa shape index (κ2) is 6.05. The van der Waals surface area contributed by atoms with Crippen LogP contribution in [-0.2, 0) is 0 Å². The van der Waals surface area contributed by atoms with Crippen molar-refractivity contribution in [3.63, 3.8) is 0 Å². The summed E-state index contributed by atoms with van der Waals surface area (Å²) in [5.74, 6) is 1.47. The first-order valence-corrected chi connectivity index (χ1v) is 7.35. The molecule has 0 bridgehead atoms. The molecular formula is C17H19N3O2. The van der Waals surface area contributed by atoms with Gasteiger partial charge in [-0.3, -0.25) is 0 Å². The van der Waals surface area contributed by atoms with Gasteiger partial charge in [0.25, 0.3) is 0 Å². The van der Waals surface area contributed by atoms with E-state index in [2.05, 4.69) is 17.0 Å². The summed E-state index contributed by atoms with van der Waals surface area (Å²) in [7, 11) is 1.65. The molecule has 0 saturated heterocycles. The molecule has 2 heterocycles. The monoisotopic (exact) mass is 297 g/mol. The maximum atomic E-state index is 5.68. The fourth-order valence-electron chi connectivity index (χ4n) is 2.31. The van der Waals surface area contributed by atoms with Crippen molar-refractivity contribution in [1.29, 1.82) is 0 Å². The third-order valence-electron chi connectivity index (χ3n) is 3.36. The molecule has 0 unspecified atom stereocenters. The van der Waals surface area contributed by atoms with Crippen LogP contribution in [0.2, 0.25) is 0 Å². The first kappa shape index (κ1) is 14.4. The van der Waals surface area contributed by atoms with Crippen LogP contribution in [0.25, 0.3) is 16.9 Å². The van der Waals surface area contributed by atoms with Crippen LogP contribution < -0.4 is 9.47 Å². The minimum Gasteiger partial charge on any atom is -0.493 e. The highest BCUT2D eigenvalue weighted by molar-refractivity contribution is 5.64. The molecule has 5 heteroatoms. The molecule has 0 aliphatic rings. The minimum absolute atomic E-state index is 0.675. The molecule has 0 aliphatic carbocycles. The van der Waals surface area contributed by atoms with E-state index in [0.717, 1.165) is 40.5 Å². The Morgan fingerprint density at radius 1 is 1.14 bits per heavy atom. The minimum atomic E-state index is 0.675. The van der Waals surface area contributed by atoms with Gasteiger partial charge in [-0.1, -0.05) is 6.92 Å². The van der Waals surface area contributed by atoms with Gasteiger partial charge in [0.05, 0.1) is 31.3 Å². The number of methoxy groups -OCH3 is 1. The van der Waals surface area contributed by atoms with Gasteiger partial charge in [0.2, 0.25) is 0 Å². The van der Waals surface area contributed by atoms with Gasteiger partial charge in [0, 0.05) is 5.56 Å². The number of hydrogen-bond acceptors (Lipinski definition) is 4. The lowest BCUT2D eigenvalue weighted by molar-refractivity contribution is 0.294. The van der Waals surface area contributed by atoms with Gasteiger partial charge in [-0.25, -0.2) is 9.50 Å². The molecule has 0 spiro atoms. The molecule has 0 fully saturated rings. The van der Waals surface area contributed by atoms with E-state index in [1.54, 1.807) is 11.6 Å². The quantitative estimate of drug-likeness (QED) is 0.723.